The summed E-state index contributed by atoms with van der Waals surface area (Å²) in [6.07, 6.45) is 2.43. The number of sulfone groups is 1. The first-order valence-electron chi connectivity index (χ1n) is 6.07. The van der Waals surface area contributed by atoms with Crippen molar-refractivity contribution in [2.75, 3.05) is 12.0 Å². The van der Waals surface area contributed by atoms with Crippen molar-refractivity contribution < 1.29 is 23.1 Å². The number of hydrogen-bond acceptors (Lipinski definition) is 5. The maximum Gasteiger partial charge on any atom is 0.335 e. The average molecular weight is 315 g/mol. The number of carboxylic acids is 1. The third kappa shape index (κ3) is 6.70. The fourth-order valence-electron chi connectivity index (χ4n) is 1.65. The van der Waals surface area contributed by atoms with Crippen LogP contribution < -0.4 is 10.6 Å². The monoisotopic (exact) mass is 315 g/mol. The normalized spacial score (nSPS) is 12.5. The van der Waals surface area contributed by atoms with E-state index in [0.29, 0.717) is 5.69 Å². The number of carbonyl (C=O) groups excluding carboxylic acids is 1. The Labute approximate surface area is 122 Å². The highest BCUT2D eigenvalue weighted by Gasteiger charge is 2.13. The third-order valence-corrected chi connectivity index (χ3v) is 3.53. The first kappa shape index (κ1) is 16.9. The van der Waals surface area contributed by atoms with E-state index in [0.717, 1.165) is 6.26 Å². The first-order chi connectivity index (χ1) is 9.67. The van der Waals surface area contributed by atoms with Crippen LogP contribution in [0.3, 0.4) is 0 Å². The zero-order chi connectivity index (χ0) is 16.0. The second-order valence-electron chi connectivity index (χ2n) is 4.66. The van der Waals surface area contributed by atoms with Crippen molar-refractivity contribution >= 4 is 21.8 Å². The van der Waals surface area contributed by atoms with Crippen LogP contribution in [0.5, 0.6) is 0 Å². The maximum absolute atomic E-state index is 11.6. The predicted molar refractivity (Wildman–Crippen MR) is 75.7 cm³/mol. The van der Waals surface area contributed by atoms with Gasteiger partial charge in [0.05, 0.1) is 23.6 Å². The average Bonchev–Trinajstić information content (AvgIpc) is 2.34. The number of carboxylic acid groups (broad SMARTS) is 1. The molecule has 0 fully saturated rings. The number of amides is 2. The van der Waals surface area contributed by atoms with E-state index in [2.05, 4.69) is 15.6 Å². The van der Waals surface area contributed by atoms with Gasteiger partial charge in [-0.2, -0.15) is 0 Å². The molecule has 0 bridgehead atoms. The van der Waals surface area contributed by atoms with Gasteiger partial charge in [0, 0.05) is 18.5 Å². The number of aromatic carboxylic acids is 1. The molecule has 2 amide bonds. The first-order valence-corrected chi connectivity index (χ1v) is 8.14. The number of urea groups is 1. The van der Waals surface area contributed by atoms with Crippen LogP contribution >= 0.6 is 0 Å². The van der Waals surface area contributed by atoms with E-state index in [4.69, 9.17) is 5.11 Å². The van der Waals surface area contributed by atoms with Gasteiger partial charge in [0.1, 0.15) is 9.84 Å². The summed E-state index contributed by atoms with van der Waals surface area (Å²) in [5, 5.41) is 13.8. The van der Waals surface area contributed by atoms with Gasteiger partial charge in [-0.1, -0.05) is 0 Å². The second kappa shape index (κ2) is 7.02. The van der Waals surface area contributed by atoms with E-state index in [9.17, 15) is 18.0 Å². The fraction of sp³-hybridized carbons (Fsp3) is 0.417. The van der Waals surface area contributed by atoms with E-state index >= 15 is 0 Å². The van der Waals surface area contributed by atoms with Gasteiger partial charge in [-0.05, 0) is 19.1 Å². The Morgan fingerprint density at radius 2 is 2.10 bits per heavy atom. The zero-order valence-corrected chi connectivity index (χ0v) is 12.5. The zero-order valence-electron chi connectivity index (χ0n) is 11.7. The molecule has 1 aromatic heterocycles. The molecule has 9 heteroatoms. The van der Waals surface area contributed by atoms with Gasteiger partial charge in [0.15, 0.2) is 0 Å². The molecule has 0 saturated carbocycles. The van der Waals surface area contributed by atoms with Crippen molar-refractivity contribution in [2.45, 2.75) is 19.5 Å². The molecule has 0 aromatic carbocycles. The highest BCUT2D eigenvalue weighted by Crippen LogP contribution is 2.01. The van der Waals surface area contributed by atoms with Crippen LogP contribution in [0.25, 0.3) is 0 Å². The van der Waals surface area contributed by atoms with Gasteiger partial charge < -0.3 is 15.7 Å². The van der Waals surface area contributed by atoms with Crippen molar-refractivity contribution in [3.05, 3.63) is 29.6 Å². The molecular weight excluding hydrogens is 298 g/mol. The minimum absolute atomic E-state index is 0.0402. The Hall–Kier alpha value is -2.16. The molecule has 0 aliphatic rings. The molecule has 21 heavy (non-hydrogen) atoms. The Morgan fingerprint density at radius 3 is 2.67 bits per heavy atom. The van der Waals surface area contributed by atoms with E-state index in [1.165, 1.54) is 18.3 Å². The lowest BCUT2D eigenvalue weighted by atomic mass is 10.2. The lowest BCUT2D eigenvalue weighted by molar-refractivity contribution is 0.0696. The van der Waals surface area contributed by atoms with Gasteiger partial charge in [-0.15, -0.1) is 0 Å². The van der Waals surface area contributed by atoms with Gasteiger partial charge in [-0.25, -0.2) is 18.0 Å². The molecule has 0 spiro atoms. The van der Waals surface area contributed by atoms with Crippen LogP contribution in [0.2, 0.25) is 0 Å². The summed E-state index contributed by atoms with van der Waals surface area (Å²) in [5.74, 6) is -1.24. The van der Waals surface area contributed by atoms with Crippen molar-refractivity contribution in [2.24, 2.45) is 0 Å². The summed E-state index contributed by atoms with van der Waals surface area (Å²) in [5.41, 5.74) is 0.466. The molecule has 8 nitrogen and oxygen atoms in total. The van der Waals surface area contributed by atoms with E-state index in [-0.39, 0.29) is 17.9 Å². The second-order valence-corrected chi connectivity index (χ2v) is 6.85. The molecule has 1 rings (SSSR count). The minimum Gasteiger partial charge on any atom is -0.478 e. The van der Waals surface area contributed by atoms with Crippen molar-refractivity contribution in [1.82, 2.24) is 15.6 Å². The molecule has 3 N–H and O–H groups in total. The number of aromatic nitrogens is 1. The van der Waals surface area contributed by atoms with Gasteiger partial charge in [-0.3, -0.25) is 4.98 Å². The molecule has 0 aliphatic carbocycles. The summed E-state index contributed by atoms with van der Waals surface area (Å²) >= 11 is 0. The lowest BCUT2D eigenvalue weighted by Gasteiger charge is -2.13. The molecule has 1 unspecified atom stereocenters. The van der Waals surface area contributed by atoms with E-state index in [1.54, 1.807) is 6.92 Å². The standard InChI is InChI=1S/C12H17N3O5S/c1-8(7-21(2,19)20)15-12(18)14-6-10-5-9(11(16)17)3-4-13-10/h3-5,8H,6-7H2,1-2H3,(H,16,17)(H2,14,15,18). The Kier molecular flexibility index (Phi) is 5.65. The Bertz CT molecular complexity index is 630. The molecule has 1 aromatic rings. The SMILES string of the molecule is CC(CS(C)(=O)=O)NC(=O)NCc1cc(C(=O)O)ccn1. The van der Waals surface area contributed by atoms with Crippen LogP contribution in [0.4, 0.5) is 4.79 Å². The highest BCUT2D eigenvalue weighted by atomic mass is 32.2. The smallest absolute Gasteiger partial charge is 0.335 e. The summed E-state index contributed by atoms with van der Waals surface area (Å²) in [6.45, 7) is 1.61. The van der Waals surface area contributed by atoms with Crippen molar-refractivity contribution in [3.8, 4) is 0 Å². The highest BCUT2D eigenvalue weighted by molar-refractivity contribution is 7.90. The molecule has 1 heterocycles. The number of pyridine rings is 1. The number of carbonyl (C=O) groups is 2. The predicted octanol–water partition coefficient (Wildman–Crippen LogP) is 0.0121. The largest absolute Gasteiger partial charge is 0.478 e. The summed E-state index contributed by atoms with van der Waals surface area (Å²) in [4.78, 5) is 26.3. The molecule has 1 atom stereocenters. The van der Waals surface area contributed by atoms with Crippen LogP contribution in [-0.2, 0) is 16.4 Å². The number of nitrogens with one attached hydrogen (secondary N) is 2. The van der Waals surface area contributed by atoms with Crippen LogP contribution in [-0.4, -0.2) is 48.6 Å². The maximum atomic E-state index is 11.6. The Morgan fingerprint density at radius 1 is 1.43 bits per heavy atom. The van der Waals surface area contributed by atoms with Crippen LogP contribution in [0.15, 0.2) is 18.3 Å². The summed E-state index contributed by atoms with van der Waals surface area (Å²) < 4.78 is 22.1. The number of rotatable bonds is 6. The van der Waals surface area contributed by atoms with Gasteiger partial charge >= 0.3 is 12.0 Å². The topological polar surface area (TPSA) is 125 Å². The third-order valence-electron chi connectivity index (χ3n) is 2.42. The number of hydrogen-bond donors (Lipinski definition) is 3. The molecule has 116 valence electrons. The van der Waals surface area contributed by atoms with E-state index < -0.39 is 27.9 Å². The molecular formula is C12H17N3O5S. The van der Waals surface area contributed by atoms with E-state index in [1.807, 2.05) is 0 Å². The fourth-order valence-corrected chi connectivity index (χ4v) is 2.64. The summed E-state index contributed by atoms with van der Waals surface area (Å²) in [7, 11) is -3.17. The van der Waals surface area contributed by atoms with Crippen molar-refractivity contribution in [1.29, 1.82) is 0 Å². The lowest BCUT2D eigenvalue weighted by Crippen LogP contribution is -2.43. The van der Waals surface area contributed by atoms with Gasteiger partial charge in [0.25, 0.3) is 0 Å². The van der Waals surface area contributed by atoms with Gasteiger partial charge in [0.2, 0.25) is 0 Å². The van der Waals surface area contributed by atoms with Crippen LogP contribution in [0.1, 0.15) is 23.0 Å². The summed E-state index contributed by atoms with van der Waals surface area (Å²) in [6, 6.07) is 1.62. The van der Waals surface area contributed by atoms with Crippen LogP contribution in [0, 0.1) is 0 Å². The quantitative estimate of drug-likeness (QED) is 0.679. The molecule has 0 saturated heterocycles. The minimum atomic E-state index is -3.17. The van der Waals surface area contributed by atoms with Crippen molar-refractivity contribution in [3.63, 3.8) is 0 Å². The Balaban J connectivity index is 2.50. The number of nitrogens with zero attached hydrogens (tertiary/aromatic N) is 1. The molecule has 0 radical (unpaired) electrons. The molecule has 0 aliphatic heterocycles.